The van der Waals surface area contributed by atoms with Gasteiger partial charge in [-0.25, -0.2) is 9.37 Å². The molecular formula is C21H17FN2OS. The van der Waals surface area contributed by atoms with Gasteiger partial charge in [-0.05, 0) is 35.2 Å². The van der Waals surface area contributed by atoms with E-state index in [1.54, 1.807) is 23.0 Å². The van der Waals surface area contributed by atoms with Crippen molar-refractivity contribution in [1.82, 2.24) is 9.55 Å². The molecule has 2 aromatic carbocycles. The highest BCUT2D eigenvalue weighted by Gasteiger charge is 2.13. The van der Waals surface area contributed by atoms with Gasteiger partial charge in [-0.1, -0.05) is 43.3 Å². The summed E-state index contributed by atoms with van der Waals surface area (Å²) < 4.78 is 14.8. The summed E-state index contributed by atoms with van der Waals surface area (Å²) in [6.45, 7) is 2.59. The van der Waals surface area contributed by atoms with Gasteiger partial charge in [-0.2, -0.15) is 0 Å². The van der Waals surface area contributed by atoms with E-state index in [0.717, 1.165) is 23.1 Å². The zero-order valence-corrected chi connectivity index (χ0v) is 15.1. The molecule has 0 radical (unpaired) electrons. The third-order valence-electron chi connectivity index (χ3n) is 4.50. The first kappa shape index (κ1) is 16.7. The number of thiophene rings is 1. The minimum atomic E-state index is -0.292. The van der Waals surface area contributed by atoms with Crippen LogP contribution in [0.5, 0.6) is 0 Å². The van der Waals surface area contributed by atoms with Crippen LogP contribution < -0.4 is 5.56 Å². The molecule has 0 amide bonds. The number of hydrogen-bond acceptors (Lipinski definition) is 3. The maximum Gasteiger partial charge on any atom is 0.263 e. The minimum Gasteiger partial charge on any atom is -0.294 e. The SMILES string of the molecule is CCc1ccc(Cn2cnc3scc(-c4ccc(F)cc4)c3c2=O)cc1. The van der Waals surface area contributed by atoms with Crippen LogP contribution >= 0.6 is 11.3 Å². The second kappa shape index (κ2) is 6.84. The Morgan fingerprint density at radius 3 is 2.42 bits per heavy atom. The number of aromatic nitrogens is 2. The molecule has 0 N–H and O–H groups in total. The summed E-state index contributed by atoms with van der Waals surface area (Å²) in [5, 5.41) is 2.50. The predicted molar refractivity (Wildman–Crippen MR) is 104 cm³/mol. The Morgan fingerprint density at radius 1 is 1.04 bits per heavy atom. The lowest BCUT2D eigenvalue weighted by Crippen LogP contribution is -2.21. The molecule has 4 aromatic rings. The normalized spacial score (nSPS) is 11.2. The lowest BCUT2D eigenvalue weighted by molar-refractivity contribution is 0.628. The number of halogens is 1. The summed E-state index contributed by atoms with van der Waals surface area (Å²) in [5.41, 5.74) is 3.88. The van der Waals surface area contributed by atoms with Gasteiger partial charge in [-0.3, -0.25) is 9.36 Å². The molecule has 2 aromatic heterocycles. The standard InChI is InChI=1S/C21H17FN2OS/c1-2-14-3-5-15(6-4-14)11-24-13-23-20-19(21(24)25)18(12-26-20)16-7-9-17(22)10-8-16/h3-10,12-13H,2,11H2,1H3. The topological polar surface area (TPSA) is 34.9 Å². The first-order chi connectivity index (χ1) is 12.7. The maximum atomic E-state index is 13.2. The van der Waals surface area contributed by atoms with E-state index in [4.69, 9.17) is 0 Å². The van der Waals surface area contributed by atoms with E-state index in [2.05, 4.69) is 24.0 Å². The Morgan fingerprint density at radius 2 is 1.73 bits per heavy atom. The molecule has 0 fully saturated rings. The van der Waals surface area contributed by atoms with Crippen molar-refractivity contribution in [3.63, 3.8) is 0 Å². The third kappa shape index (κ3) is 3.06. The van der Waals surface area contributed by atoms with Crippen molar-refractivity contribution in [2.45, 2.75) is 19.9 Å². The molecule has 0 spiro atoms. The monoisotopic (exact) mass is 364 g/mol. The summed E-state index contributed by atoms with van der Waals surface area (Å²) in [5.74, 6) is -0.292. The highest BCUT2D eigenvalue weighted by Crippen LogP contribution is 2.30. The highest BCUT2D eigenvalue weighted by molar-refractivity contribution is 7.17. The molecule has 0 saturated carbocycles. The van der Waals surface area contributed by atoms with Crippen LogP contribution in [0.4, 0.5) is 4.39 Å². The Bertz CT molecular complexity index is 1110. The molecule has 4 rings (SSSR count). The van der Waals surface area contributed by atoms with Crippen LogP contribution in [0.1, 0.15) is 18.1 Å². The minimum absolute atomic E-state index is 0.0739. The van der Waals surface area contributed by atoms with Crippen LogP contribution in [0.25, 0.3) is 21.3 Å². The van der Waals surface area contributed by atoms with E-state index >= 15 is 0 Å². The van der Waals surface area contributed by atoms with Crippen LogP contribution in [0.3, 0.4) is 0 Å². The van der Waals surface area contributed by atoms with Gasteiger partial charge in [0.05, 0.1) is 18.3 Å². The lowest BCUT2D eigenvalue weighted by Gasteiger charge is -2.07. The highest BCUT2D eigenvalue weighted by atomic mass is 32.1. The largest absolute Gasteiger partial charge is 0.294 e. The van der Waals surface area contributed by atoms with Gasteiger partial charge in [0.2, 0.25) is 0 Å². The van der Waals surface area contributed by atoms with Crippen molar-refractivity contribution in [2.24, 2.45) is 0 Å². The molecular weight excluding hydrogens is 347 g/mol. The number of rotatable bonds is 4. The first-order valence-electron chi connectivity index (χ1n) is 8.46. The molecule has 0 atom stereocenters. The van der Waals surface area contributed by atoms with Crippen molar-refractivity contribution in [3.8, 4) is 11.1 Å². The summed E-state index contributed by atoms with van der Waals surface area (Å²) in [6, 6.07) is 14.5. The van der Waals surface area contributed by atoms with Gasteiger partial charge in [0.1, 0.15) is 10.6 Å². The van der Waals surface area contributed by atoms with Crippen LogP contribution in [0, 0.1) is 5.82 Å². The zero-order chi connectivity index (χ0) is 18.1. The summed E-state index contributed by atoms with van der Waals surface area (Å²) in [6.07, 6.45) is 2.59. The van der Waals surface area contributed by atoms with E-state index < -0.39 is 0 Å². The quantitative estimate of drug-likeness (QED) is 0.517. The number of benzene rings is 2. The van der Waals surface area contributed by atoms with Crippen molar-refractivity contribution < 1.29 is 4.39 Å². The Labute approximate surface area is 154 Å². The van der Waals surface area contributed by atoms with Crippen LogP contribution in [-0.4, -0.2) is 9.55 Å². The van der Waals surface area contributed by atoms with Gasteiger partial charge < -0.3 is 0 Å². The molecule has 0 aliphatic carbocycles. The maximum absolute atomic E-state index is 13.2. The smallest absolute Gasteiger partial charge is 0.263 e. The summed E-state index contributed by atoms with van der Waals surface area (Å²) in [4.78, 5) is 18.2. The van der Waals surface area contributed by atoms with Gasteiger partial charge in [0.25, 0.3) is 5.56 Å². The fourth-order valence-electron chi connectivity index (χ4n) is 3.00. The first-order valence-corrected chi connectivity index (χ1v) is 9.34. The zero-order valence-electron chi connectivity index (χ0n) is 14.3. The second-order valence-electron chi connectivity index (χ2n) is 6.18. The van der Waals surface area contributed by atoms with Crippen LogP contribution in [0.15, 0.2) is 65.0 Å². The molecule has 0 bridgehead atoms. The Hall–Kier alpha value is -2.79. The Balaban J connectivity index is 1.77. The molecule has 130 valence electrons. The van der Waals surface area contributed by atoms with Gasteiger partial charge in [-0.15, -0.1) is 11.3 Å². The van der Waals surface area contributed by atoms with E-state index in [-0.39, 0.29) is 11.4 Å². The van der Waals surface area contributed by atoms with Gasteiger partial charge >= 0.3 is 0 Å². The average Bonchev–Trinajstić information content (AvgIpc) is 3.10. The average molecular weight is 364 g/mol. The molecule has 5 heteroatoms. The molecule has 0 saturated heterocycles. The Kier molecular flexibility index (Phi) is 4.39. The molecule has 0 aliphatic rings. The number of nitrogens with zero attached hydrogens (tertiary/aromatic N) is 2. The molecule has 0 unspecified atom stereocenters. The van der Waals surface area contributed by atoms with E-state index in [1.165, 1.54) is 29.0 Å². The molecule has 0 aliphatic heterocycles. The third-order valence-corrected chi connectivity index (χ3v) is 5.39. The van der Waals surface area contributed by atoms with Crippen LogP contribution in [0.2, 0.25) is 0 Å². The van der Waals surface area contributed by atoms with Crippen molar-refractivity contribution in [3.05, 3.63) is 87.5 Å². The van der Waals surface area contributed by atoms with E-state index in [9.17, 15) is 9.18 Å². The predicted octanol–water partition coefficient (Wildman–Crippen LogP) is 4.87. The van der Waals surface area contributed by atoms with E-state index in [1.807, 2.05) is 17.5 Å². The molecule has 26 heavy (non-hydrogen) atoms. The second-order valence-corrected chi connectivity index (χ2v) is 7.04. The summed E-state index contributed by atoms with van der Waals surface area (Å²) in [7, 11) is 0. The lowest BCUT2D eigenvalue weighted by atomic mass is 10.1. The number of aryl methyl sites for hydroxylation is 1. The number of hydrogen-bond donors (Lipinski definition) is 0. The van der Waals surface area contributed by atoms with Crippen molar-refractivity contribution >= 4 is 21.6 Å². The fourth-order valence-corrected chi connectivity index (χ4v) is 3.91. The van der Waals surface area contributed by atoms with Crippen molar-refractivity contribution in [2.75, 3.05) is 0 Å². The van der Waals surface area contributed by atoms with Crippen LogP contribution in [-0.2, 0) is 13.0 Å². The molecule has 2 heterocycles. The summed E-state index contributed by atoms with van der Waals surface area (Å²) >= 11 is 1.43. The van der Waals surface area contributed by atoms with Gasteiger partial charge in [0, 0.05) is 10.9 Å². The van der Waals surface area contributed by atoms with Gasteiger partial charge in [0.15, 0.2) is 0 Å². The molecule has 3 nitrogen and oxygen atoms in total. The number of fused-ring (bicyclic) bond motifs is 1. The van der Waals surface area contributed by atoms with E-state index in [0.29, 0.717) is 16.8 Å². The fraction of sp³-hybridized carbons (Fsp3) is 0.143. The van der Waals surface area contributed by atoms with Crippen molar-refractivity contribution in [1.29, 1.82) is 0 Å².